The molecule has 0 atom stereocenters. The largest absolute Gasteiger partial charge is 0.337 e. The number of thiophene rings is 1. The lowest BCUT2D eigenvalue weighted by molar-refractivity contribution is 0.0785. The van der Waals surface area contributed by atoms with Crippen LogP contribution in [0.15, 0.2) is 33.4 Å². The zero-order valence-corrected chi connectivity index (χ0v) is 13.6. The summed E-state index contributed by atoms with van der Waals surface area (Å²) in [6.45, 7) is 4.80. The molecule has 0 N–H and O–H groups in total. The van der Waals surface area contributed by atoms with Gasteiger partial charge in [-0.3, -0.25) is 4.79 Å². The third kappa shape index (κ3) is 3.45. The van der Waals surface area contributed by atoms with Crippen molar-refractivity contribution < 1.29 is 4.79 Å². The monoisotopic (exact) mass is 337 g/mol. The van der Waals surface area contributed by atoms with E-state index in [1.807, 2.05) is 18.5 Å². The fourth-order valence-corrected chi connectivity index (χ4v) is 3.12. The van der Waals surface area contributed by atoms with Crippen LogP contribution in [0.4, 0.5) is 0 Å². The zero-order chi connectivity index (χ0) is 14.0. The molecule has 100 valence electrons. The fourth-order valence-electron chi connectivity index (χ4n) is 1.99. The second-order valence-corrected chi connectivity index (χ2v) is 7.02. The Balaban J connectivity index is 2.12. The van der Waals surface area contributed by atoms with Gasteiger partial charge in [-0.25, -0.2) is 0 Å². The van der Waals surface area contributed by atoms with E-state index in [0.717, 1.165) is 9.35 Å². The van der Waals surface area contributed by atoms with Crippen LogP contribution in [0.5, 0.6) is 0 Å². The number of carbonyl (C=O) groups excluding carboxylic acids is 1. The third-order valence-electron chi connectivity index (χ3n) is 3.07. The van der Waals surface area contributed by atoms with Gasteiger partial charge >= 0.3 is 0 Å². The summed E-state index contributed by atoms with van der Waals surface area (Å²) >= 11 is 4.91. The van der Waals surface area contributed by atoms with E-state index in [1.54, 1.807) is 4.90 Å². The molecule has 0 unspecified atom stereocenters. The van der Waals surface area contributed by atoms with E-state index in [1.165, 1.54) is 28.0 Å². The SMILES string of the molecule is Cc1ccc(CN(C)C(=O)c2csc(Br)c2)c(C)c1. The number of aryl methyl sites for hydroxylation is 2. The number of rotatable bonds is 3. The summed E-state index contributed by atoms with van der Waals surface area (Å²) < 4.78 is 0.982. The van der Waals surface area contributed by atoms with Crippen LogP contribution in [-0.2, 0) is 6.54 Å². The molecule has 0 saturated carbocycles. The maximum absolute atomic E-state index is 12.3. The maximum atomic E-state index is 12.3. The number of amides is 1. The summed E-state index contributed by atoms with van der Waals surface area (Å²) in [4.78, 5) is 14.0. The second kappa shape index (κ2) is 5.88. The van der Waals surface area contributed by atoms with Crippen molar-refractivity contribution in [2.45, 2.75) is 20.4 Å². The summed E-state index contributed by atoms with van der Waals surface area (Å²) in [5, 5.41) is 1.88. The quantitative estimate of drug-likeness (QED) is 0.812. The zero-order valence-electron chi connectivity index (χ0n) is 11.2. The number of nitrogens with zero attached hydrogens (tertiary/aromatic N) is 1. The van der Waals surface area contributed by atoms with Gasteiger partial charge < -0.3 is 4.90 Å². The van der Waals surface area contributed by atoms with E-state index >= 15 is 0 Å². The molecule has 1 heterocycles. The summed E-state index contributed by atoms with van der Waals surface area (Å²) in [6, 6.07) is 8.19. The van der Waals surface area contributed by atoms with E-state index < -0.39 is 0 Å². The molecule has 0 saturated heterocycles. The topological polar surface area (TPSA) is 20.3 Å². The van der Waals surface area contributed by atoms with Crippen molar-refractivity contribution in [3.8, 4) is 0 Å². The van der Waals surface area contributed by atoms with Gasteiger partial charge in [0.15, 0.2) is 0 Å². The second-order valence-electron chi connectivity index (χ2n) is 4.73. The lowest BCUT2D eigenvalue weighted by Crippen LogP contribution is -2.26. The first-order chi connectivity index (χ1) is 8.97. The van der Waals surface area contributed by atoms with Gasteiger partial charge in [0.25, 0.3) is 5.91 Å². The van der Waals surface area contributed by atoms with Gasteiger partial charge in [0.2, 0.25) is 0 Å². The van der Waals surface area contributed by atoms with Gasteiger partial charge in [0.05, 0.1) is 9.35 Å². The van der Waals surface area contributed by atoms with Crippen molar-refractivity contribution in [2.24, 2.45) is 0 Å². The Kier molecular flexibility index (Phi) is 4.42. The highest BCUT2D eigenvalue weighted by atomic mass is 79.9. The first-order valence-corrected chi connectivity index (χ1v) is 7.70. The summed E-state index contributed by atoms with van der Waals surface area (Å²) in [6.07, 6.45) is 0. The molecule has 1 aromatic carbocycles. The van der Waals surface area contributed by atoms with Crippen molar-refractivity contribution in [1.29, 1.82) is 0 Å². The molecule has 0 aliphatic heterocycles. The third-order valence-corrected chi connectivity index (χ3v) is 4.57. The molecule has 19 heavy (non-hydrogen) atoms. The molecule has 0 radical (unpaired) electrons. The molecule has 4 heteroatoms. The average molecular weight is 338 g/mol. The van der Waals surface area contributed by atoms with Crippen LogP contribution in [0.25, 0.3) is 0 Å². The molecular formula is C15H16BrNOS. The minimum absolute atomic E-state index is 0.0573. The summed E-state index contributed by atoms with van der Waals surface area (Å²) in [5.41, 5.74) is 4.41. The first-order valence-electron chi connectivity index (χ1n) is 6.03. The van der Waals surface area contributed by atoms with Crippen molar-refractivity contribution in [3.05, 3.63) is 55.7 Å². The van der Waals surface area contributed by atoms with Gasteiger partial charge in [-0.15, -0.1) is 11.3 Å². The highest BCUT2D eigenvalue weighted by Gasteiger charge is 2.14. The van der Waals surface area contributed by atoms with Crippen LogP contribution in [0.2, 0.25) is 0 Å². The van der Waals surface area contributed by atoms with Gasteiger partial charge in [-0.1, -0.05) is 23.8 Å². The Bertz CT molecular complexity index is 606. The Hall–Kier alpha value is -1.13. The first kappa shape index (κ1) is 14.3. The fraction of sp³-hybridized carbons (Fsp3) is 0.267. The number of hydrogen-bond donors (Lipinski definition) is 0. The van der Waals surface area contributed by atoms with E-state index in [-0.39, 0.29) is 5.91 Å². The predicted molar refractivity (Wildman–Crippen MR) is 83.7 cm³/mol. The summed E-state index contributed by atoms with van der Waals surface area (Å²) in [5.74, 6) is 0.0573. The Morgan fingerprint density at radius 1 is 1.32 bits per heavy atom. The van der Waals surface area contributed by atoms with E-state index in [0.29, 0.717) is 6.54 Å². The van der Waals surface area contributed by atoms with Gasteiger partial charge in [-0.2, -0.15) is 0 Å². The Morgan fingerprint density at radius 2 is 2.05 bits per heavy atom. The molecule has 1 amide bonds. The Labute approximate surface area is 126 Å². The number of halogens is 1. The lowest BCUT2D eigenvalue weighted by atomic mass is 10.1. The molecule has 0 bridgehead atoms. The van der Waals surface area contributed by atoms with Crippen LogP contribution in [0, 0.1) is 13.8 Å². The minimum Gasteiger partial charge on any atom is -0.337 e. The molecule has 2 rings (SSSR count). The lowest BCUT2D eigenvalue weighted by Gasteiger charge is -2.18. The van der Waals surface area contributed by atoms with Crippen molar-refractivity contribution in [3.63, 3.8) is 0 Å². The summed E-state index contributed by atoms with van der Waals surface area (Å²) in [7, 11) is 1.84. The number of benzene rings is 1. The van der Waals surface area contributed by atoms with Gasteiger partial charge in [-0.05, 0) is 47.0 Å². The standard InChI is InChI=1S/C15H16BrNOS/c1-10-4-5-12(11(2)6-10)8-17(3)15(18)13-7-14(16)19-9-13/h4-7,9H,8H2,1-3H3. The molecule has 2 nitrogen and oxygen atoms in total. The van der Waals surface area contributed by atoms with Crippen molar-refractivity contribution in [1.82, 2.24) is 4.90 Å². The highest BCUT2D eigenvalue weighted by molar-refractivity contribution is 9.11. The maximum Gasteiger partial charge on any atom is 0.254 e. The molecule has 0 aliphatic rings. The van der Waals surface area contributed by atoms with Crippen molar-refractivity contribution in [2.75, 3.05) is 7.05 Å². The average Bonchev–Trinajstić information content (AvgIpc) is 2.78. The minimum atomic E-state index is 0.0573. The normalized spacial score (nSPS) is 10.5. The van der Waals surface area contributed by atoms with Crippen LogP contribution in [0.1, 0.15) is 27.0 Å². The van der Waals surface area contributed by atoms with Crippen LogP contribution < -0.4 is 0 Å². The van der Waals surface area contributed by atoms with Gasteiger partial charge in [0, 0.05) is 19.0 Å². The molecule has 1 aromatic heterocycles. The van der Waals surface area contributed by atoms with E-state index in [2.05, 4.69) is 48.0 Å². The molecular weight excluding hydrogens is 322 g/mol. The van der Waals surface area contributed by atoms with E-state index in [4.69, 9.17) is 0 Å². The Morgan fingerprint density at radius 3 is 2.63 bits per heavy atom. The van der Waals surface area contributed by atoms with Crippen LogP contribution in [0.3, 0.4) is 0 Å². The van der Waals surface area contributed by atoms with E-state index in [9.17, 15) is 4.79 Å². The smallest absolute Gasteiger partial charge is 0.254 e. The number of hydrogen-bond acceptors (Lipinski definition) is 2. The highest BCUT2D eigenvalue weighted by Crippen LogP contribution is 2.22. The van der Waals surface area contributed by atoms with Gasteiger partial charge in [0.1, 0.15) is 0 Å². The molecule has 0 aliphatic carbocycles. The molecule has 2 aromatic rings. The molecule has 0 fully saturated rings. The van der Waals surface area contributed by atoms with Crippen LogP contribution >= 0.6 is 27.3 Å². The molecule has 0 spiro atoms. The van der Waals surface area contributed by atoms with Crippen LogP contribution in [-0.4, -0.2) is 17.9 Å². The number of carbonyl (C=O) groups is 1. The predicted octanol–water partition coefficient (Wildman–Crippen LogP) is 4.40. The van der Waals surface area contributed by atoms with Crippen molar-refractivity contribution >= 4 is 33.2 Å².